The van der Waals surface area contributed by atoms with Crippen LogP contribution in [0.15, 0.2) is 66.7 Å². The quantitative estimate of drug-likeness (QED) is 0.404. The Morgan fingerprint density at radius 3 is 2.45 bits per heavy atom. The van der Waals surface area contributed by atoms with E-state index >= 15 is 0 Å². The first-order valence-electron chi connectivity index (χ1n) is 10.2. The monoisotopic (exact) mass is 503 g/mol. The van der Waals surface area contributed by atoms with Gasteiger partial charge in [-0.05, 0) is 42.5 Å². The highest BCUT2D eigenvalue weighted by atomic mass is 35.5. The van der Waals surface area contributed by atoms with Crippen molar-refractivity contribution in [3.63, 3.8) is 0 Å². The first-order valence-corrected chi connectivity index (χ1v) is 11.3. The van der Waals surface area contributed by atoms with E-state index in [1.54, 1.807) is 41.3 Å². The lowest BCUT2D eigenvalue weighted by Crippen LogP contribution is -2.36. The molecule has 4 rings (SSSR count). The van der Waals surface area contributed by atoms with Gasteiger partial charge in [-0.3, -0.25) is 20.4 Å². The van der Waals surface area contributed by atoms with E-state index in [4.69, 9.17) is 39.5 Å². The minimum absolute atomic E-state index is 0.0928. The van der Waals surface area contributed by atoms with Crippen LogP contribution in [0.5, 0.6) is 5.75 Å². The van der Waals surface area contributed by atoms with Crippen LogP contribution in [0.4, 0.5) is 11.4 Å². The van der Waals surface area contributed by atoms with Gasteiger partial charge < -0.3 is 9.64 Å². The van der Waals surface area contributed by atoms with E-state index < -0.39 is 5.92 Å². The van der Waals surface area contributed by atoms with Crippen molar-refractivity contribution in [3.8, 4) is 5.75 Å². The second-order valence-electron chi connectivity index (χ2n) is 7.48. The number of hydrogen-bond donors (Lipinski definition) is 2. The maximum atomic E-state index is 12.7. The molecule has 9 heteroatoms. The molecule has 6 nitrogen and oxygen atoms in total. The highest BCUT2D eigenvalue weighted by Crippen LogP contribution is 2.31. The first kappa shape index (κ1) is 23.2. The fourth-order valence-electron chi connectivity index (χ4n) is 3.52. The molecule has 3 aromatic rings. The summed E-state index contributed by atoms with van der Waals surface area (Å²) < 4.78 is 5.89. The standard InChI is InChI=1S/C24H20Cl3N3O3/c25-16-9-10-22(33-14-18-19(26)7-4-8-20(18)27)21(12-16)28-29-24(32)15-11-23(31)30(13-15)17-5-2-1-3-6-17/h1-10,12,15,28H,11,13-14H2,(H,29,32)/t15-/m0/s1. The molecule has 0 spiro atoms. The molecule has 1 aliphatic rings. The van der Waals surface area contributed by atoms with Crippen LogP contribution in [0.1, 0.15) is 12.0 Å². The van der Waals surface area contributed by atoms with Crippen LogP contribution in [-0.2, 0) is 16.2 Å². The Hall–Kier alpha value is -2.93. The maximum absolute atomic E-state index is 12.7. The van der Waals surface area contributed by atoms with E-state index in [1.165, 1.54) is 0 Å². The number of amides is 2. The third kappa shape index (κ3) is 5.53. The van der Waals surface area contributed by atoms with Gasteiger partial charge in [0.15, 0.2) is 0 Å². The summed E-state index contributed by atoms with van der Waals surface area (Å²) in [5, 5.41) is 1.45. The van der Waals surface area contributed by atoms with Crippen LogP contribution >= 0.6 is 34.8 Å². The number of anilines is 2. The minimum atomic E-state index is -0.490. The van der Waals surface area contributed by atoms with Gasteiger partial charge in [0.05, 0.1) is 11.6 Å². The average Bonchev–Trinajstić information content (AvgIpc) is 3.20. The Morgan fingerprint density at radius 1 is 1.00 bits per heavy atom. The molecule has 1 heterocycles. The lowest BCUT2D eigenvalue weighted by Gasteiger charge is -2.18. The molecule has 1 atom stereocenters. The van der Waals surface area contributed by atoms with Crippen LogP contribution < -0.4 is 20.5 Å². The van der Waals surface area contributed by atoms with E-state index in [1.807, 2.05) is 30.3 Å². The molecule has 33 heavy (non-hydrogen) atoms. The largest absolute Gasteiger partial charge is 0.487 e. The van der Waals surface area contributed by atoms with Gasteiger partial charge in [0.2, 0.25) is 11.8 Å². The first-order chi connectivity index (χ1) is 15.9. The Kier molecular flexibility index (Phi) is 7.28. The smallest absolute Gasteiger partial charge is 0.243 e. The number of benzene rings is 3. The number of carbonyl (C=O) groups is 2. The number of hydrogen-bond acceptors (Lipinski definition) is 4. The molecule has 1 fully saturated rings. The van der Waals surface area contributed by atoms with Gasteiger partial charge in [-0.1, -0.05) is 59.1 Å². The summed E-state index contributed by atoms with van der Waals surface area (Å²) in [4.78, 5) is 26.8. The van der Waals surface area contributed by atoms with Crippen molar-refractivity contribution in [1.29, 1.82) is 0 Å². The molecule has 2 N–H and O–H groups in total. The summed E-state index contributed by atoms with van der Waals surface area (Å²) in [5.74, 6) is -0.439. The summed E-state index contributed by atoms with van der Waals surface area (Å²) in [6, 6.07) is 19.5. The number of ether oxygens (including phenoxy) is 1. The predicted molar refractivity (Wildman–Crippen MR) is 131 cm³/mol. The van der Waals surface area contributed by atoms with Crippen molar-refractivity contribution < 1.29 is 14.3 Å². The summed E-state index contributed by atoms with van der Waals surface area (Å²) in [7, 11) is 0. The predicted octanol–water partition coefficient (Wildman–Crippen LogP) is 5.72. The van der Waals surface area contributed by atoms with Gasteiger partial charge in [-0.2, -0.15) is 0 Å². The second kappa shape index (κ2) is 10.3. The Bertz CT molecular complexity index is 1150. The van der Waals surface area contributed by atoms with E-state index in [0.29, 0.717) is 38.6 Å². The molecule has 0 aliphatic carbocycles. The molecule has 3 aromatic carbocycles. The van der Waals surface area contributed by atoms with Crippen LogP contribution in [0.3, 0.4) is 0 Å². The molecule has 0 bridgehead atoms. The van der Waals surface area contributed by atoms with E-state index in [-0.39, 0.29) is 24.8 Å². The molecular formula is C24H20Cl3N3O3. The number of rotatable bonds is 7. The molecular weight excluding hydrogens is 485 g/mol. The van der Waals surface area contributed by atoms with Crippen molar-refractivity contribution in [3.05, 3.63) is 87.4 Å². The normalized spacial score (nSPS) is 15.4. The average molecular weight is 505 g/mol. The summed E-state index contributed by atoms with van der Waals surface area (Å²) in [6.07, 6.45) is 0.131. The lowest BCUT2D eigenvalue weighted by atomic mass is 10.1. The third-order valence-electron chi connectivity index (χ3n) is 5.26. The fourth-order valence-corrected chi connectivity index (χ4v) is 4.20. The van der Waals surface area contributed by atoms with Crippen molar-refractivity contribution in [1.82, 2.24) is 5.43 Å². The highest BCUT2D eigenvalue weighted by Gasteiger charge is 2.35. The summed E-state index contributed by atoms with van der Waals surface area (Å²) in [6.45, 7) is 0.437. The van der Waals surface area contributed by atoms with Crippen LogP contribution in [0.25, 0.3) is 0 Å². The SMILES string of the molecule is O=C(NNc1cc(Cl)ccc1OCc1c(Cl)cccc1Cl)[C@H]1CC(=O)N(c2ccccc2)C1. The lowest BCUT2D eigenvalue weighted by molar-refractivity contribution is -0.125. The van der Waals surface area contributed by atoms with Crippen molar-refractivity contribution in [2.45, 2.75) is 13.0 Å². The third-order valence-corrected chi connectivity index (χ3v) is 6.20. The summed E-state index contributed by atoms with van der Waals surface area (Å²) in [5.41, 5.74) is 7.41. The zero-order valence-electron chi connectivity index (χ0n) is 17.4. The van der Waals surface area contributed by atoms with Gasteiger partial charge in [0.25, 0.3) is 0 Å². The Balaban J connectivity index is 1.40. The molecule has 170 valence electrons. The van der Waals surface area contributed by atoms with Gasteiger partial charge in [0, 0.05) is 39.3 Å². The van der Waals surface area contributed by atoms with Gasteiger partial charge in [-0.25, -0.2) is 0 Å². The number of carbonyl (C=O) groups excluding carboxylic acids is 2. The van der Waals surface area contributed by atoms with Crippen molar-refractivity contribution >= 4 is 58.0 Å². The number of para-hydroxylation sites is 1. The van der Waals surface area contributed by atoms with Gasteiger partial charge in [0.1, 0.15) is 12.4 Å². The van der Waals surface area contributed by atoms with E-state index in [0.717, 1.165) is 5.69 Å². The number of nitrogens with zero attached hydrogens (tertiary/aromatic N) is 1. The Morgan fingerprint density at radius 2 is 1.73 bits per heavy atom. The van der Waals surface area contributed by atoms with Crippen LogP contribution in [0.2, 0.25) is 15.1 Å². The summed E-state index contributed by atoms with van der Waals surface area (Å²) >= 11 is 18.6. The zero-order valence-corrected chi connectivity index (χ0v) is 19.6. The molecule has 0 unspecified atom stereocenters. The van der Waals surface area contributed by atoms with E-state index in [2.05, 4.69) is 10.9 Å². The molecule has 0 aromatic heterocycles. The Labute approximate surface area is 206 Å². The number of halogens is 3. The zero-order chi connectivity index (χ0) is 23.4. The van der Waals surface area contributed by atoms with Gasteiger partial charge >= 0.3 is 0 Å². The molecule has 2 amide bonds. The van der Waals surface area contributed by atoms with Crippen LogP contribution in [0, 0.1) is 5.92 Å². The molecule has 0 radical (unpaired) electrons. The number of nitrogens with one attached hydrogen (secondary N) is 2. The molecule has 1 aliphatic heterocycles. The van der Waals surface area contributed by atoms with Crippen LogP contribution in [-0.4, -0.2) is 18.4 Å². The van der Waals surface area contributed by atoms with Crippen molar-refractivity contribution in [2.24, 2.45) is 5.92 Å². The minimum Gasteiger partial charge on any atom is -0.487 e. The number of hydrazine groups is 1. The molecule has 0 saturated carbocycles. The second-order valence-corrected chi connectivity index (χ2v) is 8.74. The maximum Gasteiger partial charge on any atom is 0.243 e. The fraction of sp³-hybridized carbons (Fsp3) is 0.167. The topological polar surface area (TPSA) is 70.7 Å². The van der Waals surface area contributed by atoms with Crippen molar-refractivity contribution in [2.75, 3.05) is 16.9 Å². The highest BCUT2D eigenvalue weighted by molar-refractivity contribution is 6.36. The molecule has 1 saturated heterocycles. The van der Waals surface area contributed by atoms with E-state index in [9.17, 15) is 9.59 Å². The van der Waals surface area contributed by atoms with Gasteiger partial charge in [-0.15, -0.1) is 0 Å².